The fourth-order valence-electron chi connectivity index (χ4n) is 1.24. The Bertz CT molecular complexity index is 508. The molecule has 17 heavy (non-hydrogen) atoms. The van der Waals surface area contributed by atoms with Crippen molar-refractivity contribution in [3.05, 3.63) is 52.8 Å². The molecule has 0 amide bonds. The number of ether oxygens (including phenoxy) is 2. The van der Waals surface area contributed by atoms with E-state index in [4.69, 9.17) is 9.47 Å². The Morgan fingerprint density at radius 3 is 2.82 bits per heavy atom. The molecule has 0 aliphatic rings. The molecule has 0 radical (unpaired) electrons. The maximum Gasteiger partial charge on any atom is 0.223 e. The van der Waals surface area contributed by atoms with E-state index in [1.54, 1.807) is 6.08 Å². The molecular formula is C13H11BrO2S. The topological polar surface area (TPSA) is 18.5 Å². The molecule has 0 N–H and O–H groups in total. The molecule has 0 unspecified atom stereocenters. The van der Waals surface area contributed by atoms with E-state index in [9.17, 15) is 0 Å². The standard InChI is InChI=1S/C13H11BrO2S/c1-2-8-15-12-7-9-17-13(12)16-11-6-4-3-5-10(11)14/h2-7,9H,1,8H2. The smallest absolute Gasteiger partial charge is 0.223 e. The number of rotatable bonds is 5. The second-order valence-corrected chi connectivity index (χ2v) is 4.94. The van der Waals surface area contributed by atoms with Crippen molar-refractivity contribution in [1.82, 2.24) is 0 Å². The van der Waals surface area contributed by atoms with Gasteiger partial charge in [-0.25, -0.2) is 0 Å². The van der Waals surface area contributed by atoms with Crippen molar-refractivity contribution in [3.63, 3.8) is 0 Å². The summed E-state index contributed by atoms with van der Waals surface area (Å²) in [6.45, 7) is 4.09. The van der Waals surface area contributed by atoms with Gasteiger partial charge in [-0.05, 0) is 39.5 Å². The van der Waals surface area contributed by atoms with Gasteiger partial charge in [0, 0.05) is 0 Å². The lowest BCUT2D eigenvalue weighted by atomic mass is 10.3. The first-order valence-corrected chi connectivity index (χ1v) is 6.72. The van der Waals surface area contributed by atoms with Crippen molar-refractivity contribution < 1.29 is 9.47 Å². The van der Waals surface area contributed by atoms with E-state index in [0.29, 0.717) is 6.61 Å². The Labute approximate surface area is 113 Å². The number of benzene rings is 1. The zero-order chi connectivity index (χ0) is 12.1. The minimum absolute atomic E-state index is 0.475. The zero-order valence-electron chi connectivity index (χ0n) is 9.06. The molecule has 0 saturated heterocycles. The van der Waals surface area contributed by atoms with Crippen molar-refractivity contribution in [1.29, 1.82) is 0 Å². The molecule has 1 aromatic heterocycles. The number of hydrogen-bond donors (Lipinski definition) is 0. The van der Waals surface area contributed by atoms with E-state index < -0.39 is 0 Å². The van der Waals surface area contributed by atoms with Gasteiger partial charge in [-0.1, -0.05) is 24.8 Å². The molecule has 2 rings (SSSR count). The molecule has 0 aliphatic carbocycles. The Hall–Kier alpha value is -1.26. The minimum Gasteiger partial charge on any atom is -0.485 e. The van der Waals surface area contributed by atoms with Crippen LogP contribution < -0.4 is 9.47 Å². The summed E-state index contributed by atoms with van der Waals surface area (Å²) in [6.07, 6.45) is 1.71. The van der Waals surface area contributed by atoms with Crippen molar-refractivity contribution in [2.45, 2.75) is 0 Å². The van der Waals surface area contributed by atoms with Gasteiger partial charge >= 0.3 is 0 Å². The first kappa shape index (κ1) is 12.2. The van der Waals surface area contributed by atoms with Crippen LogP contribution in [0.1, 0.15) is 0 Å². The highest BCUT2D eigenvalue weighted by Gasteiger charge is 2.09. The second-order valence-electron chi connectivity index (χ2n) is 3.20. The summed E-state index contributed by atoms with van der Waals surface area (Å²) in [5.74, 6) is 1.52. The third kappa shape index (κ3) is 3.11. The Morgan fingerprint density at radius 1 is 1.24 bits per heavy atom. The van der Waals surface area contributed by atoms with Crippen molar-refractivity contribution in [2.24, 2.45) is 0 Å². The van der Waals surface area contributed by atoms with E-state index in [1.807, 2.05) is 35.7 Å². The first-order chi connectivity index (χ1) is 8.31. The van der Waals surface area contributed by atoms with Crippen LogP contribution in [0.5, 0.6) is 16.6 Å². The summed E-state index contributed by atoms with van der Waals surface area (Å²) in [5, 5.41) is 2.68. The minimum atomic E-state index is 0.475. The maximum absolute atomic E-state index is 5.79. The highest BCUT2D eigenvalue weighted by molar-refractivity contribution is 9.10. The average molecular weight is 311 g/mol. The van der Waals surface area contributed by atoms with E-state index in [0.717, 1.165) is 21.0 Å². The van der Waals surface area contributed by atoms with Crippen LogP contribution in [0.3, 0.4) is 0 Å². The van der Waals surface area contributed by atoms with Gasteiger partial charge in [-0.2, -0.15) is 0 Å². The van der Waals surface area contributed by atoms with Gasteiger partial charge in [-0.3, -0.25) is 0 Å². The van der Waals surface area contributed by atoms with Gasteiger partial charge in [0.1, 0.15) is 12.4 Å². The van der Waals surface area contributed by atoms with Gasteiger partial charge in [0.25, 0.3) is 0 Å². The van der Waals surface area contributed by atoms with Crippen LogP contribution in [0.15, 0.2) is 52.8 Å². The fourth-order valence-corrected chi connectivity index (χ4v) is 2.30. The van der Waals surface area contributed by atoms with Crippen LogP contribution in [0.25, 0.3) is 0 Å². The van der Waals surface area contributed by atoms with Gasteiger partial charge in [0.15, 0.2) is 5.75 Å². The third-order valence-electron chi connectivity index (χ3n) is 1.99. The molecule has 2 nitrogen and oxygen atoms in total. The van der Waals surface area contributed by atoms with Crippen molar-refractivity contribution in [3.8, 4) is 16.6 Å². The lowest BCUT2D eigenvalue weighted by molar-refractivity contribution is 0.345. The van der Waals surface area contributed by atoms with Crippen LogP contribution in [0.2, 0.25) is 0 Å². The molecule has 0 fully saturated rings. The molecule has 0 saturated carbocycles. The first-order valence-electron chi connectivity index (χ1n) is 5.05. The van der Waals surface area contributed by atoms with Gasteiger partial charge in [0.2, 0.25) is 5.06 Å². The lowest BCUT2D eigenvalue weighted by Crippen LogP contribution is -1.93. The lowest BCUT2D eigenvalue weighted by Gasteiger charge is -2.08. The predicted octanol–water partition coefficient (Wildman–Crippen LogP) is 4.87. The van der Waals surface area contributed by atoms with E-state index in [2.05, 4.69) is 22.5 Å². The van der Waals surface area contributed by atoms with Crippen molar-refractivity contribution >= 4 is 27.3 Å². The molecular weight excluding hydrogens is 300 g/mol. The highest BCUT2D eigenvalue weighted by atomic mass is 79.9. The van der Waals surface area contributed by atoms with Crippen LogP contribution in [0.4, 0.5) is 0 Å². The predicted molar refractivity (Wildman–Crippen MR) is 74.2 cm³/mol. The third-order valence-corrected chi connectivity index (χ3v) is 3.42. The highest BCUT2D eigenvalue weighted by Crippen LogP contribution is 2.39. The molecule has 1 heterocycles. The summed E-state index contributed by atoms with van der Waals surface area (Å²) in [7, 11) is 0. The second kappa shape index (κ2) is 5.89. The SMILES string of the molecule is C=CCOc1ccsc1Oc1ccccc1Br. The quantitative estimate of drug-likeness (QED) is 0.734. The summed E-state index contributed by atoms with van der Waals surface area (Å²) in [4.78, 5) is 0. The number of halogens is 1. The van der Waals surface area contributed by atoms with E-state index in [-0.39, 0.29) is 0 Å². The van der Waals surface area contributed by atoms with Gasteiger partial charge in [0.05, 0.1) is 4.47 Å². The average Bonchev–Trinajstić information content (AvgIpc) is 2.77. The van der Waals surface area contributed by atoms with E-state index in [1.165, 1.54) is 11.3 Å². The van der Waals surface area contributed by atoms with Crippen LogP contribution in [-0.2, 0) is 0 Å². The molecule has 0 spiro atoms. The normalized spacial score (nSPS) is 9.94. The monoisotopic (exact) mass is 310 g/mol. The zero-order valence-corrected chi connectivity index (χ0v) is 11.5. The maximum atomic E-state index is 5.79. The molecule has 4 heteroatoms. The summed E-state index contributed by atoms with van der Waals surface area (Å²) in [6, 6.07) is 9.60. The number of hydrogen-bond acceptors (Lipinski definition) is 3. The Kier molecular flexibility index (Phi) is 4.23. The number of thiophene rings is 1. The molecule has 0 atom stereocenters. The molecule has 1 aromatic carbocycles. The largest absolute Gasteiger partial charge is 0.485 e. The van der Waals surface area contributed by atoms with Crippen LogP contribution in [-0.4, -0.2) is 6.61 Å². The van der Waals surface area contributed by atoms with E-state index >= 15 is 0 Å². The Morgan fingerprint density at radius 2 is 2.06 bits per heavy atom. The summed E-state index contributed by atoms with van der Waals surface area (Å²) >= 11 is 4.94. The van der Waals surface area contributed by atoms with Gasteiger partial charge in [-0.15, -0.1) is 11.3 Å². The summed E-state index contributed by atoms with van der Waals surface area (Å²) in [5.41, 5.74) is 0. The Balaban J connectivity index is 2.16. The van der Waals surface area contributed by atoms with Gasteiger partial charge < -0.3 is 9.47 Å². The molecule has 88 valence electrons. The molecule has 0 bridgehead atoms. The molecule has 0 aliphatic heterocycles. The van der Waals surface area contributed by atoms with Crippen molar-refractivity contribution in [2.75, 3.05) is 6.61 Å². The number of para-hydroxylation sites is 1. The van der Waals surface area contributed by atoms with Crippen LogP contribution in [0, 0.1) is 0 Å². The van der Waals surface area contributed by atoms with Crippen LogP contribution >= 0.6 is 27.3 Å². The fraction of sp³-hybridized carbons (Fsp3) is 0.0769. The molecule has 2 aromatic rings. The summed E-state index contributed by atoms with van der Waals surface area (Å²) < 4.78 is 12.2.